The lowest BCUT2D eigenvalue weighted by molar-refractivity contribution is 0.580. The maximum atomic E-state index is 12.5. The zero-order valence-corrected chi connectivity index (χ0v) is 15.1. The smallest absolute Gasteiger partial charge is 0.240 e. The summed E-state index contributed by atoms with van der Waals surface area (Å²) in [5, 5.41) is 2.77. The lowest BCUT2D eigenvalue weighted by atomic mass is 10.2. The van der Waals surface area contributed by atoms with Gasteiger partial charge in [0.2, 0.25) is 10.0 Å². The average Bonchev–Trinajstić information content (AvgIpc) is 3.02. The molecule has 0 fully saturated rings. The monoisotopic (exact) mass is 358 g/mol. The summed E-state index contributed by atoms with van der Waals surface area (Å²) >= 11 is 1.51. The van der Waals surface area contributed by atoms with Gasteiger partial charge in [-0.05, 0) is 25.5 Å². The standard InChI is InChI=1S/C18H18N2O2S2/c1-13-8-9-17(14(2)10-13)24(21,22)19-11-16-12-23-18(20-16)15-6-4-3-5-7-15/h3-10,12,19H,11H2,1-2H3. The first-order valence-corrected chi connectivity index (χ1v) is 9.89. The van der Waals surface area contributed by atoms with Crippen molar-refractivity contribution in [2.24, 2.45) is 0 Å². The summed E-state index contributed by atoms with van der Waals surface area (Å²) in [4.78, 5) is 4.82. The van der Waals surface area contributed by atoms with Crippen molar-refractivity contribution in [2.75, 3.05) is 0 Å². The van der Waals surface area contributed by atoms with E-state index in [-0.39, 0.29) is 6.54 Å². The van der Waals surface area contributed by atoms with E-state index >= 15 is 0 Å². The first-order chi connectivity index (χ1) is 11.5. The van der Waals surface area contributed by atoms with Gasteiger partial charge in [-0.25, -0.2) is 18.1 Å². The van der Waals surface area contributed by atoms with Crippen molar-refractivity contribution >= 4 is 21.4 Å². The SMILES string of the molecule is Cc1ccc(S(=O)(=O)NCc2csc(-c3ccccc3)n2)c(C)c1. The Morgan fingerprint density at radius 2 is 1.83 bits per heavy atom. The molecule has 1 N–H and O–H groups in total. The van der Waals surface area contributed by atoms with E-state index in [1.807, 2.05) is 48.7 Å². The van der Waals surface area contributed by atoms with Gasteiger partial charge in [-0.3, -0.25) is 0 Å². The third-order valence-corrected chi connectivity index (χ3v) is 6.14. The number of nitrogens with zero attached hydrogens (tertiary/aromatic N) is 1. The Labute approximate surface area is 146 Å². The normalized spacial score (nSPS) is 11.6. The number of thiazole rings is 1. The zero-order valence-electron chi connectivity index (χ0n) is 13.5. The summed E-state index contributed by atoms with van der Waals surface area (Å²) in [7, 11) is -3.55. The molecule has 0 amide bonds. The van der Waals surface area contributed by atoms with Gasteiger partial charge in [0.1, 0.15) is 5.01 Å². The summed E-state index contributed by atoms with van der Waals surface area (Å²) < 4.78 is 27.6. The average molecular weight is 358 g/mol. The van der Waals surface area contributed by atoms with E-state index in [1.165, 1.54) is 11.3 Å². The number of sulfonamides is 1. The summed E-state index contributed by atoms with van der Waals surface area (Å²) in [6.07, 6.45) is 0. The van der Waals surface area contributed by atoms with Gasteiger partial charge in [-0.2, -0.15) is 0 Å². The number of nitrogens with one attached hydrogen (secondary N) is 1. The molecule has 0 bridgehead atoms. The van der Waals surface area contributed by atoms with Crippen LogP contribution in [0.4, 0.5) is 0 Å². The van der Waals surface area contributed by atoms with Crippen LogP contribution in [0.1, 0.15) is 16.8 Å². The molecule has 1 aromatic heterocycles. The van der Waals surface area contributed by atoms with Gasteiger partial charge in [0.05, 0.1) is 17.1 Å². The number of aromatic nitrogens is 1. The van der Waals surface area contributed by atoms with Gasteiger partial charge in [0.15, 0.2) is 0 Å². The van der Waals surface area contributed by atoms with Crippen LogP contribution in [0.3, 0.4) is 0 Å². The summed E-state index contributed by atoms with van der Waals surface area (Å²) in [6.45, 7) is 3.92. The van der Waals surface area contributed by atoms with Crippen LogP contribution in [0.5, 0.6) is 0 Å². The van der Waals surface area contributed by atoms with Crippen molar-refractivity contribution in [1.82, 2.24) is 9.71 Å². The van der Waals surface area contributed by atoms with Crippen LogP contribution >= 0.6 is 11.3 Å². The molecule has 0 aliphatic carbocycles. The largest absolute Gasteiger partial charge is 0.241 e. The summed E-state index contributed by atoms with van der Waals surface area (Å²) in [6, 6.07) is 15.2. The van der Waals surface area contributed by atoms with Crippen LogP contribution < -0.4 is 4.72 Å². The third kappa shape index (κ3) is 3.72. The number of hydrogen-bond donors (Lipinski definition) is 1. The molecular weight excluding hydrogens is 340 g/mol. The minimum atomic E-state index is -3.55. The molecule has 124 valence electrons. The van der Waals surface area contributed by atoms with Gasteiger partial charge in [0, 0.05) is 10.9 Å². The number of rotatable bonds is 5. The highest BCUT2D eigenvalue weighted by Gasteiger charge is 2.17. The molecule has 0 saturated carbocycles. The van der Waals surface area contributed by atoms with E-state index < -0.39 is 10.0 Å². The molecule has 3 aromatic rings. The third-order valence-electron chi connectivity index (χ3n) is 3.64. The van der Waals surface area contributed by atoms with Gasteiger partial charge in [-0.1, -0.05) is 48.0 Å². The number of aryl methyl sites for hydroxylation is 2. The minimum absolute atomic E-state index is 0.180. The molecule has 0 radical (unpaired) electrons. The second-order valence-electron chi connectivity index (χ2n) is 5.60. The second kappa shape index (κ2) is 6.84. The van der Waals surface area contributed by atoms with E-state index in [2.05, 4.69) is 9.71 Å². The molecule has 0 atom stereocenters. The van der Waals surface area contributed by atoms with Crippen molar-refractivity contribution < 1.29 is 8.42 Å². The van der Waals surface area contributed by atoms with Crippen molar-refractivity contribution in [3.8, 4) is 10.6 Å². The van der Waals surface area contributed by atoms with Gasteiger partial charge in [0.25, 0.3) is 0 Å². The van der Waals surface area contributed by atoms with E-state index in [9.17, 15) is 8.42 Å². The molecule has 0 unspecified atom stereocenters. The Morgan fingerprint density at radius 3 is 2.54 bits per heavy atom. The number of benzene rings is 2. The molecule has 0 spiro atoms. The fourth-order valence-corrected chi connectivity index (χ4v) is 4.50. The highest BCUT2D eigenvalue weighted by molar-refractivity contribution is 7.89. The van der Waals surface area contributed by atoms with Crippen molar-refractivity contribution in [3.05, 3.63) is 70.7 Å². The molecule has 24 heavy (non-hydrogen) atoms. The van der Waals surface area contributed by atoms with Gasteiger partial charge >= 0.3 is 0 Å². The lowest BCUT2D eigenvalue weighted by Crippen LogP contribution is -2.24. The van der Waals surface area contributed by atoms with E-state index in [1.54, 1.807) is 19.1 Å². The van der Waals surface area contributed by atoms with Crippen molar-refractivity contribution in [2.45, 2.75) is 25.3 Å². The van der Waals surface area contributed by atoms with Crippen LogP contribution in [-0.4, -0.2) is 13.4 Å². The van der Waals surface area contributed by atoms with Crippen LogP contribution in [0.25, 0.3) is 10.6 Å². The van der Waals surface area contributed by atoms with Gasteiger partial charge < -0.3 is 0 Å². The Kier molecular flexibility index (Phi) is 4.80. The molecule has 2 aromatic carbocycles. The highest BCUT2D eigenvalue weighted by atomic mass is 32.2. The predicted molar refractivity (Wildman–Crippen MR) is 97.5 cm³/mol. The molecule has 1 heterocycles. The van der Waals surface area contributed by atoms with E-state index in [4.69, 9.17) is 0 Å². The van der Waals surface area contributed by atoms with Gasteiger partial charge in [-0.15, -0.1) is 11.3 Å². The van der Waals surface area contributed by atoms with Crippen LogP contribution in [0, 0.1) is 13.8 Å². The fraction of sp³-hybridized carbons (Fsp3) is 0.167. The van der Waals surface area contributed by atoms with Crippen molar-refractivity contribution in [1.29, 1.82) is 0 Å². The van der Waals surface area contributed by atoms with Crippen LogP contribution in [0.15, 0.2) is 58.8 Å². The molecule has 0 saturated heterocycles. The first kappa shape index (κ1) is 16.8. The Hall–Kier alpha value is -2.02. The maximum Gasteiger partial charge on any atom is 0.241 e. The minimum Gasteiger partial charge on any atom is -0.240 e. The Morgan fingerprint density at radius 1 is 1.08 bits per heavy atom. The molecule has 6 heteroatoms. The van der Waals surface area contributed by atoms with Crippen molar-refractivity contribution in [3.63, 3.8) is 0 Å². The number of hydrogen-bond acceptors (Lipinski definition) is 4. The maximum absolute atomic E-state index is 12.5. The Bertz CT molecular complexity index is 948. The topological polar surface area (TPSA) is 59.1 Å². The van der Waals surface area contributed by atoms with E-state index in [0.29, 0.717) is 10.6 Å². The molecule has 3 rings (SSSR count). The van der Waals surface area contributed by atoms with E-state index in [0.717, 1.165) is 21.7 Å². The predicted octanol–water partition coefficient (Wildman–Crippen LogP) is 3.91. The highest BCUT2D eigenvalue weighted by Crippen LogP contribution is 2.23. The quantitative estimate of drug-likeness (QED) is 0.752. The van der Waals surface area contributed by atoms with Crippen LogP contribution in [0.2, 0.25) is 0 Å². The first-order valence-electron chi connectivity index (χ1n) is 7.52. The molecule has 0 aliphatic rings. The zero-order chi connectivity index (χ0) is 17.2. The van der Waals surface area contributed by atoms with Crippen LogP contribution in [-0.2, 0) is 16.6 Å². The summed E-state index contributed by atoms with van der Waals surface area (Å²) in [5.41, 5.74) is 3.53. The summed E-state index contributed by atoms with van der Waals surface area (Å²) in [5.74, 6) is 0. The molecular formula is C18H18N2O2S2. The second-order valence-corrected chi connectivity index (χ2v) is 8.20. The lowest BCUT2D eigenvalue weighted by Gasteiger charge is -2.09. The molecule has 0 aliphatic heterocycles. The molecule has 4 nitrogen and oxygen atoms in total. The fourth-order valence-electron chi connectivity index (χ4n) is 2.45. The Balaban J connectivity index is 1.75.